The van der Waals surface area contributed by atoms with E-state index in [4.69, 9.17) is 16.9 Å². The normalized spacial score (nSPS) is 17.0. The minimum atomic E-state index is -4.42. The van der Waals surface area contributed by atoms with Gasteiger partial charge in [-0.15, -0.1) is 0 Å². The first kappa shape index (κ1) is 17.5. The third-order valence-electron chi connectivity index (χ3n) is 4.23. The van der Waals surface area contributed by atoms with Crippen molar-refractivity contribution >= 4 is 17.4 Å². The van der Waals surface area contributed by atoms with E-state index < -0.39 is 11.9 Å². The predicted octanol–water partition coefficient (Wildman–Crippen LogP) is 3.52. The molecule has 25 heavy (non-hydrogen) atoms. The molecule has 1 aliphatic heterocycles. The summed E-state index contributed by atoms with van der Waals surface area (Å²) in [7, 11) is 1.82. The third-order valence-corrected chi connectivity index (χ3v) is 4.50. The van der Waals surface area contributed by atoms with Gasteiger partial charge >= 0.3 is 6.18 Å². The van der Waals surface area contributed by atoms with Crippen molar-refractivity contribution in [2.75, 3.05) is 18.5 Å². The van der Waals surface area contributed by atoms with Crippen molar-refractivity contribution in [3.63, 3.8) is 0 Å². The second-order valence-corrected chi connectivity index (χ2v) is 6.53. The van der Waals surface area contributed by atoms with E-state index in [-0.39, 0.29) is 5.92 Å². The number of halogens is 4. The number of nitriles is 1. The van der Waals surface area contributed by atoms with Crippen molar-refractivity contribution in [1.82, 2.24) is 14.5 Å². The van der Waals surface area contributed by atoms with Crippen molar-refractivity contribution < 1.29 is 13.2 Å². The molecule has 0 radical (unpaired) electrons. The molecule has 0 amide bonds. The Morgan fingerprint density at radius 3 is 2.88 bits per heavy atom. The zero-order valence-electron chi connectivity index (χ0n) is 13.4. The van der Waals surface area contributed by atoms with Gasteiger partial charge in [-0.3, -0.25) is 0 Å². The summed E-state index contributed by atoms with van der Waals surface area (Å²) < 4.78 is 39.9. The predicted molar refractivity (Wildman–Crippen MR) is 86.3 cm³/mol. The Kier molecular flexibility index (Phi) is 4.60. The van der Waals surface area contributed by atoms with E-state index in [2.05, 4.69) is 9.97 Å². The number of aromatic nitrogens is 3. The van der Waals surface area contributed by atoms with Crippen molar-refractivity contribution in [2.45, 2.75) is 25.6 Å². The van der Waals surface area contributed by atoms with E-state index in [9.17, 15) is 13.2 Å². The molecule has 0 fully saturated rings. The molecule has 0 spiro atoms. The molecule has 0 unspecified atom stereocenters. The molecule has 5 nitrogen and oxygen atoms in total. The smallest absolute Gasteiger partial charge is 0.358 e. The van der Waals surface area contributed by atoms with Crippen molar-refractivity contribution in [1.29, 1.82) is 5.26 Å². The summed E-state index contributed by atoms with van der Waals surface area (Å²) in [4.78, 5) is 9.75. The summed E-state index contributed by atoms with van der Waals surface area (Å²) in [6.45, 7) is 1.06. The van der Waals surface area contributed by atoms with Gasteiger partial charge in [0.05, 0.1) is 10.6 Å². The summed E-state index contributed by atoms with van der Waals surface area (Å²) >= 11 is 6.16. The number of hydrogen-bond acceptors (Lipinski definition) is 4. The lowest BCUT2D eigenvalue weighted by atomic mass is 9.99. The van der Waals surface area contributed by atoms with Crippen molar-refractivity contribution in [3.8, 4) is 6.07 Å². The van der Waals surface area contributed by atoms with Crippen LogP contribution in [0.15, 0.2) is 18.5 Å². The number of anilines is 1. The number of pyridine rings is 1. The number of imidazole rings is 1. The first-order chi connectivity index (χ1) is 11.8. The number of rotatable bonds is 3. The lowest BCUT2D eigenvalue weighted by molar-refractivity contribution is -0.141. The van der Waals surface area contributed by atoms with Gasteiger partial charge in [0, 0.05) is 39.0 Å². The fraction of sp³-hybridized carbons (Fsp3) is 0.438. The molecule has 0 N–H and O–H groups in total. The fourth-order valence-electron chi connectivity index (χ4n) is 3.05. The highest BCUT2D eigenvalue weighted by atomic mass is 35.5. The molecular weight excluding hydrogens is 355 g/mol. The molecule has 0 aromatic carbocycles. The first-order valence-electron chi connectivity index (χ1n) is 7.68. The van der Waals surface area contributed by atoms with Crippen molar-refractivity contribution in [3.05, 3.63) is 40.6 Å². The highest BCUT2D eigenvalue weighted by molar-refractivity contribution is 6.33. The minimum Gasteiger partial charge on any atom is -0.358 e. The van der Waals surface area contributed by atoms with Crippen LogP contribution in [0.5, 0.6) is 0 Å². The molecule has 1 atom stereocenters. The molecular formula is C16H15ClF3N5. The zero-order valence-corrected chi connectivity index (χ0v) is 14.1. The number of fused-ring (bicyclic) bond motifs is 1. The van der Waals surface area contributed by atoms with Crippen LogP contribution in [0.25, 0.3) is 0 Å². The molecule has 132 valence electrons. The van der Waals surface area contributed by atoms with Gasteiger partial charge in [0.25, 0.3) is 0 Å². The summed E-state index contributed by atoms with van der Waals surface area (Å²) in [5.41, 5.74) is -0.462. The molecule has 2 aromatic heterocycles. The van der Waals surface area contributed by atoms with Gasteiger partial charge in [0.1, 0.15) is 17.7 Å². The number of aryl methyl sites for hydroxylation is 1. The van der Waals surface area contributed by atoms with Gasteiger partial charge in [-0.2, -0.15) is 18.4 Å². The first-order valence-corrected chi connectivity index (χ1v) is 8.05. The quantitative estimate of drug-likeness (QED) is 0.830. The van der Waals surface area contributed by atoms with Crippen molar-refractivity contribution in [2.24, 2.45) is 5.92 Å². The van der Waals surface area contributed by atoms with Crippen LogP contribution in [0.3, 0.4) is 0 Å². The Hall–Kier alpha value is -2.27. The summed E-state index contributed by atoms with van der Waals surface area (Å²) in [5, 5.41) is 9.23. The maximum absolute atomic E-state index is 12.8. The van der Waals surface area contributed by atoms with Gasteiger partial charge < -0.3 is 9.47 Å². The molecule has 2 aromatic rings. The maximum atomic E-state index is 12.8. The van der Waals surface area contributed by atoms with E-state index in [0.717, 1.165) is 12.6 Å². The van der Waals surface area contributed by atoms with E-state index >= 15 is 0 Å². The minimum absolute atomic E-state index is 0.154. The van der Waals surface area contributed by atoms with E-state index in [1.165, 1.54) is 6.20 Å². The lowest BCUT2D eigenvalue weighted by Gasteiger charge is -2.29. The summed E-state index contributed by atoms with van der Waals surface area (Å²) in [5.74, 6) is 1.18. The third kappa shape index (κ3) is 3.71. The number of nitrogens with zero attached hydrogens (tertiary/aromatic N) is 5. The second-order valence-electron chi connectivity index (χ2n) is 6.12. The molecule has 0 saturated heterocycles. The largest absolute Gasteiger partial charge is 0.434 e. The second kappa shape index (κ2) is 6.56. The molecule has 3 heterocycles. The molecule has 0 aliphatic carbocycles. The summed E-state index contributed by atoms with van der Waals surface area (Å²) in [6, 6.07) is 3.52. The number of alkyl halides is 3. The van der Waals surface area contributed by atoms with Gasteiger partial charge in [0.15, 0.2) is 5.69 Å². The monoisotopic (exact) mass is 369 g/mol. The van der Waals surface area contributed by atoms with Gasteiger partial charge in [-0.25, -0.2) is 9.97 Å². The topological polar surface area (TPSA) is 57.7 Å². The standard InChI is InChI=1S/C16H15ClF3N5/c1-24(15-12(17)4-11(5-21)6-22-15)7-10-2-3-14-23-13(16(18,19)20)9-25(14)8-10/h4,6,9-10H,2-3,7-8H2,1H3/t10-/m0/s1. The Labute approximate surface area is 147 Å². The Morgan fingerprint density at radius 1 is 1.48 bits per heavy atom. The van der Waals surface area contributed by atoms with Crippen LogP contribution >= 0.6 is 11.6 Å². The Balaban J connectivity index is 1.71. The molecule has 3 rings (SSSR count). The molecule has 0 saturated carbocycles. The average Bonchev–Trinajstić information content (AvgIpc) is 2.98. The van der Waals surface area contributed by atoms with E-state index in [1.807, 2.05) is 18.0 Å². The van der Waals surface area contributed by atoms with Crippen LogP contribution in [0.1, 0.15) is 23.5 Å². The molecule has 1 aliphatic rings. The van der Waals surface area contributed by atoms with E-state index in [1.54, 1.807) is 10.6 Å². The SMILES string of the molecule is CN(C[C@@H]1CCc2nc(C(F)(F)F)cn2C1)c1ncc(C#N)cc1Cl. The maximum Gasteiger partial charge on any atom is 0.434 e. The highest BCUT2D eigenvalue weighted by Gasteiger charge is 2.35. The zero-order chi connectivity index (χ0) is 18.2. The molecule has 0 bridgehead atoms. The summed E-state index contributed by atoms with van der Waals surface area (Å²) in [6.07, 6.45) is -0.650. The van der Waals surface area contributed by atoms with Crippen LogP contribution in [0, 0.1) is 17.2 Å². The number of hydrogen-bond donors (Lipinski definition) is 0. The van der Waals surface area contributed by atoms with Crippen LogP contribution in [0.4, 0.5) is 19.0 Å². The fourth-order valence-corrected chi connectivity index (χ4v) is 3.36. The van der Waals surface area contributed by atoms with Gasteiger partial charge in [-0.05, 0) is 18.4 Å². The van der Waals surface area contributed by atoms with Crippen LogP contribution in [-0.2, 0) is 19.1 Å². The van der Waals surface area contributed by atoms with Gasteiger partial charge in [0.2, 0.25) is 0 Å². The van der Waals surface area contributed by atoms with Crippen LogP contribution in [-0.4, -0.2) is 28.1 Å². The lowest BCUT2D eigenvalue weighted by Crippen LogP contribution is -2.32. The van der Waals surface area contributed by atoms with E-state index in [0.29, 0.717) is 41.7 Å². The average molecular weight is 370 g/mol. The molecule has 9 heteroatoms. The Morgan fingerprint density at radius 2 is 2.24 bits per heavy atom. The van der Waals surface area contributed by atoms with Gasteiger partial charge in [-0.1, -0.05) is 11.6 Å². The Bertz CT molecular complexity index is 824. The van der Waals surface area contributed by atoms with Crippen LogP contribution in [0.2, 0.25) is 5.02 Å². The van der Waals surface area contributed by atoms with Crippen LogP contribution < -0.4 is 4.90 Å². The highest BCUT2D eigenvalue weighted by Crippen LogP contribution is 2.31.